The molecule has 3 nitrogen and oxygen atoms in total. The second-order valence-electron chi connectivity index (χ2n) is 5.26. The lowest BCUT2D eigenvalue weighted by Gasteiger charge is -2.23. The topological polar surface area (TPSA) is 41.5 Å². The van der Waals surface area contributed by atoms with E-state index in [4.69, 9.17) is 4.74 Å². The predicted molar refractivity (Wildman–Crippen MR) is 81.4 cm³/mol. The summed E-state index contributed by atoms with van der Waals surface area (Å²) in [7, 11) is 0. The van der Waals surface area contributed by atoms with Gasteiger partial charge in [-0.15, -0.1) is 0 Å². The van der Waals surface area contributed by atoms with Gasteiger partial charge in [-0.1, -0.05) is 19.3 Å². The molecule has 20 heavy (non-hydrogen) atoms. The highest BCUT2D eigenvalue weighted by Gasteiger charge is 2.15. The zero-order valence-corrected chi connectivity index (χ0v) is 13.0. The molecule has 0 amide bonds. The number of rotatable bonds is 6. The van der Waals surface area contributed by atoms with Crippen molar-refractivity contribution in [2.75, 3.05) is 18.5 Å². The van der Waals surface area contributed by atoms with Crippen LogP contribution in [0.1, 0.15) is 32.1 Å². The second kappa shape index (κ2) is 7.96. The summed E-state index contributed by atoms with van der Waals surface area (Å²) in [6, 6.07) is 4.81. The van der Waals surface area contributed by atoms with Gasteiger partial charge in [0.2, 0.25) is 0 Å². The Morgan fingerprint density at radius 1 is 1.35 bits per heavy atom. The van der Waals surface area contributed by atoms with Crippen LogP contribution in [0.5, 0.6) is 0 Å². The molecule has 1 unspecified atom stereocenters. The third-order valence-corrected chi connectivity index (χ3v) is 4.18. The van der Waals surface area contributed by atoms with Gasteiger partial charge in [0.1, 0.15) is 5.82 Å². The quantitative estimate of drug-likeness (QED) is 0.825. The molecule has 0 aliphatic heterocycles. The van der Waals surface area contributed by atoms with Crippen LogP contribution in [0, 0.1) is 5.82 Å². The van der Waals surface area contributed by atoms with Gasteiger partial charge in [-0.3, -0.25) is 0 Å². The Balaban J connectivity index is 1.68. The van der Waals surface area contributed by atoms with E-state index in [1.807, 2.05) is 0 Å². The predicted octanol–water partition coefficient (Wildman–Crippen LogP) is 3.71. The van der Waals surface area contributed by atoms with E-state index < -0.39 is 6.10 Å². The first-order valence-electron chi connectivity index (χ1n) is 7.14. The normalized spacial score (nSPS) is 17.9. The summed E-state index contributed by atoms with van der Waals surface area (Å²) >= 11 is 3.11. The van der Waals surface area contributed by atoms with Crippen molar-refractivity contribution in [1.82, 2.24) is 0 Å². The van der Waals surface area contributed by atoms with Crippen molar-refractivity contribution in [3.05, 3.63) is 28.5 Å². The Labute approximate surface area is 127 Å². The van der Waals surface area contributed by atoms with Gasteiger partial charge >= 0.3 is 0 Å². The molecule has 1 fully saturated rings. The minimum atomic E-state index is -0.580. The van der Waals surface area contributed by atoms with Gasteiger partial charge in [0.15, 0.2) is 0 Å². The summed E-state index contributed by atoms with van der Waals surface area (Å²) in [5.74, 6) is -0.317. The lowest BCUT2D eigenvalue weighted by molar-refractivity contribution is -0.0195. The van der Waals surface area contributed by atoms with E-state index in [-0.39, 0.29) is 5.82 Å². The summed E-state index contributed by atoms with van der Waals surface area (Å²) in [6.45, 7) is 0.685. The fourth-order valence-corrected chi connectivity index (χ4v) is 2.63. The standard InChI is InChI=1S/C15H21BrFNO2/c16-14-7-6-11(8-15(14)17)18-9-12(19)10-20-13-4-2-1-3-5-13/h6-8,12-13,18-19H,1-5,9-10H2. The van der Waals surface area contributed by atoms with Crippen molar-refractivity contribution < 1.29 is 14.2 Å². The van der Waals surface area contributed by atoms with E-state index >= 15 is 0 Å². The average molecular weight is 346 g/mol. The van der Waals surface area contributed by atoms with Gasteiger partial charge in [0.25, 0.3) is 0 Å². The van der Waals surface area contributed by atoms with Crippen molar-refractivity contribution in [2.24, 2.45) is 0 Å². The summed E-state index contributed by atoms with van der Waals surface area (Å²) in [4.78, 5) is 0. The summed E-state index contributed by atoms with van der Waals surface area (Å²) in [5, 5.41) is 12.9. The first kappa shape index (κ1) is 15.7. The van der Waals surface area contributed by atoms with Crippen LogP contribution in [0.3, 0.4) is 0 Å². The molecular formula is C15H21BrFNO2. The van der Waals surface area contributed by atoms with Crippen LogP contribution in [0.4, 0.5) is 10.1 Å². The van der Waals surface area contributed by atoms with Gasteiger partial charge in [-0.2, -0.15) is 0 Å². The van der Waals surface area contributed by atoms with Crippen molar-refractivity contribution >= 4 is 21.6 Å². The molecule has 0 saturated heterocycles. The van der Waals surface area contributed by atoms with E-state index in [2.05, 4.69) is 21.2 Å². The molecule has 5 heteroatoms. The first-order chi connectivity index (χ1) is 9.65. The largest absolute Gasteiger partial charge is 0.389 e. The van der Waals surface area contributed by atoms with Crippen LogP contribution in [-0.2, 0) is 4.74 Å². The number of halogens is 2. The molecule has 112 valence electrons. The smallest absolute Gasteiger partial charge is 0.139 e. The third-order valence-electron chi connectivity index (χ3n) is 3.54. The van der Waals surface area contributed by atoms with Crippen molar-refractivity contribution in [3.8, 4) is 0 Å². The van der Waals surface area contributed by atoms with Crippen molar-refractivity contribution in [1.29, 1.82) is 0 Å². The molecule has 0 aromatic heterocycles. The monoisotopic (exact) mass is 345 g/mol. The zero-order valence-electron chi connectivity index (χ0n) is 11.4. The lowest BCUT2D eigenvalue weighted by Crippen LogP contribution is -2.28. The number of benzene rings is 1. The molecule has 1 saturated carbocycles. The molecular weight excluding hydrogens is 325 g/mol. The summed E-state index contributed by atoms with van der Waals surface area (Å²) in [6.07, 6.45) is 5.64. The molecule has 0 heterocycles. The molecule has 1 atom stereocenters. The molecule has 0 radical (unpaired) electrons. The highest BCUT2D eigenvalue weighted by Crippen LogP contribution is 2.21. The van der Waals surface area contributed by atoms with Crippen LogP contribution in [0.25, 0.3) is 0 Å². The van der Waals surface area contributed by atoms with E-state index in [0.29, 0.717) is 29.4 Å². The maximum Gasteiger partial charge on any atom is 0.139 e. The van der Waals surface area contributed by atoms with E-state index in [1.54, 1.807) is 12.1 Å². The average Bonchev–Trinajstić information content (AvgIpc) is 2.47. The number of hydrogen-bond donors (Lipinski definition) is 2. The van der Waals surface area contributed by atoms with Gasteiger partial charge < -0.3 is 15.2 Å². The van der Waals surface area contributed by atoms with Crippen molar-refractivity contribution in [2.45, 2.75) is 44.3 Å². The fourth-order valence-electron chi connectivity index (χ4n) is 2.38. The molecule has 0 spiro atoms. The van der Waals surface area contributed by atoms with Gasteiger partial charge in [-0.05, 0) is 47.0 Å². The number of hydrogen-bond acceptors (Lipinski definition) is 3. The van der Waals surface area contributed by atoms with Crippen LogP contribution in [0.2, 0.25) is 0 Å². The number of aliphatic hydroxyl groups is 1. The Kier molecular flexibility index (Phi) is 6.26. The van der Waals surface area contributed by atoms with E-state index in [1.165, 1.54) is 25.3 Å². The minimum absolute atomic E-state index is 0.295. The van der Waals surface area contributed by atoms with Crippen molar-refractivity contribution in [3.63, 3.8) is 0 Å². The van der Waals surface area contributed by atoms with Gasteiger partial charge in [0.05, 0.1) is 23.3 Å². The maximum atomic E-state index is 13.3. The first-order valence-corrected chi connectivity index (χ1v) is 7.93. The molecule has 2 rings (SSSR count). The fraction of sp³-hybridized carbons (Fsp3) is 0.600. The number of nitrogens with one attached hydrogen (secondary N) is 1. The Hall–Kier alpha value is -0.650. The SMILES string of the molecule is OC(CNc1ccc(Br)c(F)c1)COC1CCCCC1. The zero-order chi connectivity index (χ0) is 14.4. The molecule has 1 aliphatic carbocycles. The Morgan fingerprint density at radius 2 is 2.10 bits per heavy atom. The Bertz CT molecular complexity index is 424. The van der Waals surface area contributed by atoms with E-state index in [0.717, 1.165) is 12.8 Å². The third kappa shape index (κ3) is 5.04. The number of ether oxygens (including phenoxy) is 1. The maximum absolute atomic E-state index is 13.3. The van der Waals surface area contributed by atoms with Crippen LogP contribution >= 0.6 is 15.9 Å². The van der Waals surface area contributed by atoms with Crippen LogP contribution < -0.4 is 5.32 Å². The lowest BCUT2D eigenvalue weighted by atomic mass is 9.98. The van der Waals surface area contributed by atoms with Gasteiger partial charge in [0, 0.05) is 12.2 Å². The number of aliphatic hydroxyl groups excluding tert-OH is 1. The second-order valence-corrected chi connectivity index (χ2v) is 6.11. The molecule has 0 bridgehead atoms. The number of anilines is 1. The van der Waals surface area contributed by atoms with Gasteiger partial charge in [-0.25, -0.2) is 4.39 Å². The van der Waals surface area contributed by atoms with Crippen LogP contribution in [0.15, 0.2) is 22.7 Å². The minimum Gasteiger partial charge on any atom is -0.389 e. The van der Waals surface area contributed by atoms with Crippen LogP contribution in [-0.4, -0.2) is 30.5 Å². The highest BCUT2D eigenvalue weighted by molar-refractivity contribution is 9.10. The highest BCUT2D eigenvalue weighted by atomic mass is 79.9. The molecule has 1 aromatic rings. The Morgan fingerprint density at radius 3 is 2.80 bits per heavy atom. The molecule has 2 N–H and O–H groups in total. The molecule has 1 aliphatic rings. The molecule has 1 aromatic carbocycles. The summed E-state index contributed by atoms with van der Waals surface area (Å²) in [5.41, 5.74) is 0.655. The van der Waals surface area contributed by atoms with E-state index in [9.17, 15) is 9.50 Å². The summed E-state index contributed by atoms with van der Waals surface area (Å²) < 4.78 is 19.5.